The van der Waals surface area contributed by atoms with Gasteiger partial charge in [-0.1, -0.05) is 41.9 Å². The van der Waals surface area contributed by atoms with Gasteiger partial charge in [-0.3, -0.25) is 9.59 Å². The molecule has 1 fully saturated rings. The maximum absolute atomic E-state index is 14.2. The van der Waals surface area contributed by atoms with Crippen LogP contribution >= 0.6 is 23.4 Å². The Morgan fingerprint density at radius 3 is 2.59 bits per heavy atom. The standard InChI is InChI=1S/C20H20ClFN2O2S/c1-13-18(25)24(20(27-13)15-8-4-6-10-17(15)22)12-11-23(2)19(26)14-7-3-5-9-16(14)21/h3-10,13,20H,11-12H2,1-2H3/t13-,20-/m1/s1. The smallest absolute Gasteiger partial charge is 0.255 e. The van der Waals surface area contributed by atoms with E-state index in [2.05, 4.69) is 0 Å². The molecule has 2 atom stereocenters. The molecule has 142 valence electrons. The summed E-state index contributed by atoms with van der Waals surface area (Å²) in [5.41, 5.74) is 0.906. The van der Waals surface area contributed by atoms with Gasteiger partial charge in [-0.25, -0.2) is 4.39 Å². The quantitative estimate of drug-likeness (QED) is 0.746. The molecule has 0 N–H and O–H groups in total. The molecule has 2 amide bonds. The second kappa shape index (κ2) is 8.31. The van der Waals surface area contributed by atoms with Crippen molar-refractivity contribution in [2.75, 3.05) is 20.1 Å². The van der Waals surface area contributed by atoms with Gasteiger partial charge < -0.3 is 9.80 Å². The van der Waals surface area contributed by atoms with E-state index in [9.17, 15) is 14.0 Å². The van der Waals surface area contributed by atoms with Gasteiger partial charge >= 0.3 is 0 Å². The molecule has 1 heterocycles. The van der Waals surface area contributed by atoms with E-state index in [1.165, 1.54) is 22.7 Å². The first kappa shape index (κ1) is 19.7. The van der Waals surface area contributed by atoms with Crippen molar-refractivity contribution in [1.82, 2.24) is 9.80 Å². The lowest BCUT2D eigenvalue weighted by Crippen LogP contribution is -2.39. The third-order valence-electron chi connectivity index (χ3n) is 4.55. The second-order valence-electron chi connectivity index (χ2n) is 6.39. The minimum atomic E-state index is -0.391. The average Bonchev–Trinajstić information content (AvgIpc) is 2.94. The van der Waals surface area contributed by atoms with E-state index in [0.717, 1.165) is 0 Å². The maximum Gasteiger partial charge on any atom is 0.255 e. The zero-order chi connectivity index (χ0) is 19.6. The molecule has 0 aliphatic carbocycles. The first-order valence-electron chi connectivity index (χ1n) is 8.60. The average molecular weight is 407 g/mol. The summed E-state index contributed by atoms with van der Waals surface area (Å²) in [5.74, 6) is -0.593. The maximum atomic E-state index is 14.2. The highest BCUT2D eigenvalue weighted by Gasteiger charge is 2.39. The fraction of sp³-hybridized carbons (Fsp3) is 0.300. The number of rotatable bonds is 5. The first-order valence-corrected chi connectivity index (χ1v) is 9.92. The summed E-state index contributed by atoms with van der Waals surface area (Å²) in [6.07, 6.45) is 0. The highest BCUT2D eigenvalue weighted by atomic mass is 35.5. The monoisotopic (exact) mass is 406 g/mol. The predicted molar refractivity (Wildman–Crippen MR) is 106 cm³/mol. The molecule has 4 nitrogen and oxygen atoms in total. The highest BCUT2D eigenvalue weighted by Crippen LogP contribution is 2.43. The van der Waals surface area contributed by atoms with Crippen LogP contribution in [0, 0.1) is 5.82 Å². The van der Waals surface area contributed by atoms with Crippen molar-refractivity contribution in [2.45, 2.75) is 17.5 Å². The summed E-state index contributed by atoms with van der Waals surface area (Å²) in [7, 11) is 1.67. The Morgan fingerprint density at radius 1 is 1.22 bits per heavy atom. The number of thioether (sulfide) groups is 1. The molecular weight excluding hydrogens is 387 g/mol. The van der Waals surface area contributed by atoms with Crippen LogP contribution in [0.2, 0.25) is 5.02 Å². The SMILES string of the molecule is C[C@H]1S[C@H](c2ccccc2F)N(CCN(C)C(=O)c2ccccc2Cl)C1=O. The summed E-state index contributed by atoms with van der Waals surface area (Å²) in [5, 5.41) is -0.253. The number of carbonyl (C=O) groups excluding carboxylic acids is 2. The molecule has 1 aliphatic rings. The number of hydrogen-bond donors (Lipinski definition) is 0. The van der Waals surface area contributed by atoms with Gasteiger partial charge in [-0.05, 0) is 25.1 Å². The van der Waals surface area contributed by atoms with Crippen LogP contribution in [-0.4, -0.2) is 47.0 Å². The molecule has 2 aromatic rings. The zero-order valence-electron chi connectivity index (χ0n) is 15.1. The highest BCUT2D eigenvalue weighted by molar-refractivity contribution is 8.01. The lowest BCUT2D eigenvalue weighted by atomic mass is 10.2. The Morgan fingerprint density at radius 2 is 1.89 bits per heavy atom. The van der Waals surface area contributed by atoms with Crippen LogP contribution in [0.4, 0.5) is 4.39 Å². The van der Waals surface area contributed by atoms with Gasteiger partial charge in [0.25, 0.3) is 5.91 Å². The topological polar surface area (TPSA) is 40.6 Å². The second-order valence-corrected chi connectivity index (χ2v) is 8.22. The molecule has 0 bridgehead atoms. The van der Waals surface area contributed by atoms with Gasteiger partial charge in [0.05, 0.1) is 15.8 Å². The summed E-state index contributed by atoms with van der Waals surface area (Å²) >= 11 is 7.52. The third-order valence-corrected chi connectivity index (χ3v) is 6.25. The van der Waals surface area contributed by atoms with Crippen molar-refractivity contribution < 1.29 is 14.0 Å². The van der Waals surface area contributed by atoms with E-state index in [4.69, 9.17) is 11.6 Å². The molecule has 0 aromatic heterocycles. The largest absolute Gasteiger partial charge is 0.340 e. The van der Waals surface area contributed by atoms with E-state index in [-0.39, 0.29) is 22.9 Å². The van der Waals surface area contributed by atoms with Gasteiger partial charge in [-0.15, -0.1) is 11.8 Å². The summed E-state index contributed by atoms with van der Waals surface area (Å²) in [6.45, 7) is 2.47. The van der Waals surface area contributed by atoms with Gasteiger partial charge in [0.2, 0.25) is 5.91 Å². The van der Waals surface area contributed by atoms with E-state index >= 15 is 0 Å². The fourth-order valence-corrected chi connectivity index (χ4v) is 4.57. The molecule has 0 spiro atoms. The molecule has 1 aliphatic heterocycles. The first-order chi connectivity index (χ1) is 12.9. The third kappa shape index (κ3) is 4.12. The minimum Gasteiger partial charge on any atom is -0.340 e. The van der Waals surface area contributed by atoms with Crippen molar-refractivity contribution in [1.29, 1.82) is 0 Å². The number of halogens is 2. The molecule has 0 unspecified atom stereocenters. The lowest BCUT2D eigenvalue weighted by molar-refractivity contribution is -0.130. The Labute approximate surface area is 167 Å². The molecule has 0 saturated carbocycles. The van der Waals surface area contributed by atoms with E-state index < -0.39 is 5.37 Å². The van der Waals surface area contributed by atoms with Crippen molar-refractivity contribution in [3.63, 3.8) is 0 Å². The number of hydrogen-bond acceptors (Lipinski definition) is 3. The summed E-state index contributed by atoms with van der Waals surface area (Å²) in [6, 6.07) is 13.3. The van der Waals surface area contributed by atoms with Crippen LogP contribution < -0.4 is 0 Å². The summed E-state index contributed by atoms with van der Waals surface area (Å²) < 4.78 is 14.2. The Bertz CT molecular complexity index is 863. The van der Waals surface area contributed by atoms with Crippen LogP contribution in [0.5, 0.6) is 0 Å². The zero-order valence-corrected chi connectivity index (χ0v) is 16.6. The number of likely N-dealkylation sites (N-methyl/N-ethyl adjacent to an activating group) is 1. The van der Waals surface area contributed by atoms with Crippen molar-refractivity contribution in [3.8, 4) is 0 Å². The van der Waals surface area contributed by atoms with E-state index in [1.807, 2.05) is 6.92 Å². The van der Waals surface area contributed by atoms with Crippen LogP contribution in [0.3, 0.4) is 0 Å². The molecular formula is C20H20ClFN2O2S. The van der Waals surface area contributed by atoms with Gasteiger partial charge in [0.1, 0.15) is 11.2 Å². The number of carbonyl (C=O) groups is 2. The fourth-order valence-electron chi connectivity index (χ4n) is 3.02. The normalized spacial score (nSPS) is 19.4. The number of nitrogens with zero attached hydrogens (tertiary/aromatic N) is 2. The minimum absolute atomic E-state index is 0.0492. The predicted octanol–water partition coefficient (Wildman–Crippen LogP) is 4.21. The van der Waals surface area contributed by atoms with Crippen LogP contribution in [-0.2, 0) is 4.79 Å². The Hall–Kier alpha value is -2.05. The molecule has 27 heavy (non-hydrogen) atoms. The lowest BCUT2D eigenvalue weighted by Gasteiger charge is -2.27. The van der Waals surface area contributed by atoms with Crippen LogP contribution in [0.15, 0.2) is 48.5 Å². The van der Waals surface area contributed by atoms with Gasteiger partial charge in [0, 0.05) is 25.7 Å². The molecule has 3 rings (SSSR count). The molecule has 2 aromatic carbocycles. The van der Waals surface area contributed by atoms with Crippen molar-refractivity contribution in [2.24, 2.45) is 0 Å². The Balaban J connectivity index is 1.73. The van der Waals surface area contributed by atoms with Crippen LogP contribution in [0.25, 0.3) is 0 Å². The van der Waals surface area contributed by atoms with E-state index in [1.54, 1.807) is 54.4 Å². The molecule has 0 radical (unpaired) electrons. The Kier molecular flexibility index (Phi) is 6.07. The van der Waals surface area contributed by atoms with Gasteiger partial charge in [-0.2, -0.15) is 0 Å². The van der Waals surface area contributed by atoms with Crippen molar-refractivity contribution in [3.05, 3.63) is 70.5 Å². The summed E-state index contributed by atoms with van der Waals surface area (Å²) in [4.78, 5) is 28.3. The molecule has 1 saturated heterocycles. The van der Waals surface area contributed by atoms with E-state index in [0.29, 0.717) is 29.2 Å². The number of benzene rings is 2. The van der Waals surface area contributed by atoms with Crippen LogP contribution in [0.1, 0.15) is 28.2 Å². The van der Waals surface area contributed by atoms with Gasteiger partial charge in [0.15, 0.2) is 0 Å². The molecule has 7 heteroatoms. The number of amides is 2. The van der Waals surface area contributed by atoms with Crippen molar-refractivity contribution >= 4 is 35.2 Å².